The lowest BCUT2D eigenvalue weighted by atomic mass is 10.2. The monoisotopic (exact) mass is 194 g/mol. The molecule has 1 aromatic rings. The summed E-state index contributed by atoms with van der Waals surface area (Å²) in [4.78, 5) is 11.6. The second-order valence-electron chi connectivity index (χ2n) is 3.60. The first-order chi connectivity index (χ1) is 6.75. The summed E-state index contributed by atoms with van der Waals surface area (Å²) in [5.41, 5.74) is 1.37. The third kappa shape index (κ3) is 1.93. The minimum atomic E-state index is -0.0944. The van der Waals surface area contributed by atoms with E-state index in [0.717, 1.165) is 25.2 Å². The summed E-state index contributed by atoms with van der Waals surface area (Å²) in [6.07, 6.45) is 0.995. The zero-order valence-electron chi connectivity index (χ0n) is 8.13. The van der Waals surface area contributed by atoms with Gasteiger partial charge in [-0.1, -0.05) is 0 Å². The molecule has 3 N–H and O–H groups in total. The van der Waals surface area contributed by atoms with Gasteiger partial charge in [0, 0.05) is 18.3 Å². The fraction of sp³-hybridized carbons (Fsp3) is 0.556. The van der Waals surface area contributed by atoms with Gasteiger partial charge in [0.2, 0.25) is 0 Å². The van der Waals surface area contributed by atoms with Gasteiger partial charge in [-0.2, -0.15) is 5.10 Å². The van der Waals surface area contributed by atoms with E-state index < -0.39 is 0 Å². The van der Waals surface area contributed by atoms with Crippen molar-refractivity contribution < 1.29 is 4.79 Å². The van der Waals surface area contributed by atoms with Crippen molar-refractivity contribution in [3.8, 4) is 0 Å². The van der Waals surface area contributed by atoms with Gasteiger partial charge in [0.05, 0.1) is 0 Å². The number of H-pyrrole nitrogens is 1. The van der Waals surface area contributed by atoms with Crippen molar-refractivity contribution in [1.82, 2.24) is 20.8 Å². The van der Waals surface area contributed by atoms with E-state index in [2.05, 4.69) is 20.8 Å². The van der Waals surface area contributed by atoms with Gasteiger partial charge in [0.1, 0.15) is 5.69 Å². The fourth-order valence-corrected chi connectivity index (χ4v) is 1.57. The molecule has 1 atom stereocenters. The van der Waals surface area contributed by atoms with E-state index in [-0.39, 0.29) is 11.9 Å². The molecule has 1 aromatic heterocycles. The average Bonchev–Trinajstić information content (AvgIpc) is 2.75. The number of aromatic amines is 1. The first-order valence-corrected chi connectivity index (χ1v) is 4.79. The quantitative estimate of drug-likeness (QED) is 0.611. The Morgan fingerprint density at radius 2 is 2.57 bits per heavy atom. The van der Waals surface area contributed by atoms with E-state index in [1.54, 1.807) is 6.07 Å². The van der Waals surface area contributed by atoms with Crippen molar-refractivity contribution in [2.75, 3.05) is 13.1 Å². The van der Waals surface area contributed by atoms with Crippen LogP contribution in [0.1, 0.15) is 22.6 Å². The molecular formula is C9H14N4O. The lowest BCUT2D eigenvalue weighted by Gasteiger charge is -2.08. The van der Waals surface area contributed by atoms with Gasteiger partial charge in [0.15, 0.2) is 0 Å². The molecule has 2 rings (SSSR count). The number of carbonyl (C=O) groups excluding carboxylic acids is 1. The lowest BCUT2D eigenvalue weighted by molar-refractivity contribution is 0.0935. The summed E-state index contributed by atoms with van der Waals surface area (Å²) < 4.78 is 0. The second-order valence-corrected chi connectivity index (χ2v) is 3.60. The third-order valence-corrected chi connectivity index (χ3v) is 2.33. The van der Waals surface area contributed by atoms with Crippen LogP contribution in [0.25, 0.3) is 0 Å². The Bertz CT molecular complexity index is 327. The van der Waals surface area contributed by atoms with Gasteiger partial charge in [-0.05, 0) is 26.0 Å². The molecule has 0 saturated carbocycles. The van der Waals surface area contributed by atoms with Crippen LogP contribution in [0.15, 0.2) is 6.07 Å². The largest absolute Gasteiger partial charge is 0.347 e. The second kappa shape index (κ2) is 3.79. The molecule has 5 nitrogen and oxygen atoms in total. The van der Waals surface area contributed by atoms with E-state index in [4.69, 9.17) is 0 Å². The summed E-state index contributed by atoms with van der Waals surface area (Å²) in [7, 11) is 0. The Balaban J connectivity index is 1.95. The minimum Gasteiger partial charge on any atom is -0.347 e. The summed E-state index contributed by atoms with van der Waals surface area (Å²) in [6, 6.07) is 2.00. The summed E-state index contributed by atoms with van der Waals surface area (Å²) in [6.45, 7) is 3.71. The molecule has 0 spiro atoms. The van der Waals surface area contributed by atoms with Crippen LogP contribution in [0.4, 0.5) is 0 Å². The maximum Gasteiger partial charge on any atom is 0.272 e. The van der Waals surface area contributed by atoms with Crippen LogP contribution in [0.2, 0.25) is 0 Å². The molecule has 0 aromatic carbocycles. The molecule has 76 valence electrons. The third-order valence-electron chi connectivity index (χ3n) is 2.33. The molecule has 1 aliphatic heterocycles. The molecule has 0 aliphatic carbocycles. The molecule has 0 bridgehead atoms. The zero-order chi connectivity index (χ0) is 9.97. The molecule has 0 unspecified atom stereocenters. The molecule has 5 heteroatoms. The van der Waals surface area contributed by atoms with Crippen LogP contribution >= 0.6 is 0 Å². The number of hydrogen-bond acceptors (Lipinski definition) is 3. The molecule has 1 amide bonds. The maximum atomic E-state index is 11.6. The molecule has 1 fully saturated rings. The highest BCUT2D eigenvalue weighted by Crippen LogP contribution is 2.01. The highest BCUT2D eigenvalue weighted by atomic mass is 16.2. The van der Waals surface area contributed by atoms with Crippen molar-refractivity contribution in [2.45, 2.75) is 19.4 Å². The van der Waals surface area contributed by atoms with E-state index in [9.17, 15) is 4.79 Å². The number of rotatable bonds is 2. The molecule has 1 aliphatic rings. The van der Waals surface area contributed by atoms with Crippen LogP contribution in [0, 0.1) is 6.92 Å². The van der Waals surface area contributed by atoms with Crippen LogP contribution < -0.4 is 10.6 Å². The number of aryl methyl sites for hydroxylation is 1. The lowest BCUT2D eigenvalue weighted by Crippen LogP contribution is -2.36. The van der Waals surface area contributed by atoms with Crippen molar-refractivity contribution >= 4 is 5.91 Å². The number of nitrogens with zero attached hydrogens (tertiary/aromatic N) is 1. The predicted octanol–water partition coefficient (Wildman–Crippen LogP) is -0.190. The Hall–Kier alpha value is -1.36. The standard InChI is InChI=1S/C9H14N4O/c1-6-4-8(13-12-6)9(14)11-7-2-3-10-5-7/h4,7,10H,2-3,5H2,1H3,(H,11,14)(H,12,13)/t7-/m0/s1. The van der Waals surface area contributed by atoms with Gasteiger partial charge < -0.3 is 10.6 Å². The Morgan fingerprint density at radius 3 is 3.14 bits per heavy atom. The first-order valence-electron chi connectivity index (χ1n) is 4.79. The van der Waals surface area contributed by atoms with E-state index in [1.165, 1.54) is 0 Å². The van der Waals surface area contributed by atoms with E-state index in [1.807, 2.05) is 6.92 Å². The molecule has 2 heterocycles. The van der Waals surface area contributed by atoms with Crippen LogP contribution in [-0.2, 0) is 0 Å². The van der Waals surface area contributed by atoms with Gasteiger partial charge in [0.25, 0.3) is 5.91 Å². The van der Waals surface area contributed by atoms with E-state index >= 15 is 0 Å². The van der Waals surface area contributed by atoms with Gasteiger partial charge in [-0.15, -0.1) is 0 Å². The molecular weight excluding hydrogens is 180 g/mol. The van der Waals surface area contributed by atoms with Crippen molar-refractivity contribution in [1.29, 1.82) is 0 Å². The molecule has 14 heavy (non-hydrogen) atoms. The summed E-state index contributed by atoms with van der Waals surface area (Å²) >= 11 is 0. The zero-order valence-corrected chi connectivity index (χ0v) is 8.13. The minimum absolute atomic E-state index is 0.0944. The molecule has 0 radical (unpaired) electrons. The highest BCUT2D eigenvalue weighted by Gasteiger charge is 2.18. The van der Waals surface area contributed by atoms with Crippen molar-refractivity contribution in [3.05, 3.63) is 17.5 Å². The van der Waals surface area contributed by atoms with Crippen LogP contribution in [0.5, 0.6) is 0 Å². The SMILES string of the molecule is Cc1cc(C(=O)N[C@H]2CCNC2)n[nH]1. The van der Waals surface area contributed by atoms with Crippen LogP contribution in [0.3, 0.4) is 0 Å². The van der Waals surface area contributed by atoms with Gasteiger partial charge in [-0.3, -0.25) is 9.89 Å². The average molecular weight is 194 g/mol. The fourth-order valence-electron chi connectivity index (χ4n) is 1.57. The maximum absolute atomic E-state index is 11.6. The van der Waals surface area contributed by atoms with Gasteiger partial charge >= 0.3 is 0 Å². The Labute approximate surface area is 82.3 Å². The van der Waals surface area contributed by atoms with Crippen molar-refractivity contribution in [3.63, 3.8) is 0 Å². The Morgan fingerprint density at radius 1 is 1.71 bits per heavy atom. The number of carbonyl (C=O) groups is 1. The first kappa shape index (κ1) is 9.21. The predicted molar refractivity (Wildman–Crippen MR) is 52.1 cm³/mol. The number of hydrogen-bond donors (Lipinski definition) is 3. The molecule has 1 saturated heterocycles. The normalized spacial score (nSPS) is 21.1. The number of amides is 1. The highest BCUT2D eigenvalue weighted by molar-refractivity contribution is 5.92. The summed E-state index contributed by atoms with van der Waals surface area (Å²) in [5.74, 6) is -0.0944. The Kier molecular flexibility index (Phi) is 2.49. The smallest absolute Gasteiger partial charge is 0.272 e. The van der Waals surface area contributed by atoms with E-state index in [0.29, 0.717) is 5.69 Å². The van der Waals surface area contributed by atoms with Crippen molar-refractivity contribution in [2.24, 2.45) is 0 Å². The number of nitrogens with one attached hydrogen (secondary N) is 3. The summed E-state index contributed by atoms with van der Waals surface area (Å²) in [5, 5.41) is 12.8. The topological polar surface area (TPSA) is 69.8 Å². The van der Waals surface area contributed by atoms with Gasteiger partial charge in [-0.25, -0.2) is 0 Å². The van der Waals surface area contributed by atoms with Crippen LogP contribution in [-0.4, -0.2) is 35.2 Å². The number of aromatic nitrogens is 2.